The van der Waals surface area contributed by atoms with E-state index in [1.807, 2.05) is 30.3 Å². The molecule has 1 amide bonds. The lowest BCUT2D eigenvalue weighted by atomic mass is 10.2. The standard InChI is InChI=1S/C18H19F3N2O2/c19-18(20,21)15-9-4-5-10-16(15)25-13-17(24)23-12-6-11-22-14-7-2-1-3-8-14/h1-5,7-10,22H,6,11-13H2,(H,23,24). The summed E-state index contributed by atoms with van der Waals surface area (Å²) < 4.78 is 43.4. The van der Waals surface area contributed by atoms with Crippen molar-refractivity contribution in [1.82, 2.24) is 5.32 Å². The number of nitrogens with one attached hydrogen (secondary N) is 2. The monoisotopic (exact) mass is 352 g/mol. The Kier molecular flexibility index (Phi) is 6.68. The van der Waals surface area contributed by atoms with Crippen molar-refractivity contribution in [2.75, 3.05) is 25.0 Å². The molecule has 0 radical (unpaired) electrons. The van der Waals surface area contributed by atoms with Gasteiger partial charge in [-0.1, -0.05) is 30.3 Å². The second-order valence-electron chi connectivity index (χ2n) is 5.28. The minimum absolute atomic E-state index is 0.351. The molecule has 0 aliphatic heterocycles. The predicted molar refractivity (Wildman–Crippen MR) is 89.5 cm³/mol. The van der Waals surface area contributed by atoms with Crippen molar-refractivity contribution in [3.05, 3.63) is 60.2 Å². The molecule has 0 aromatic heterocycles. The smallest absolute Gasteiger partial charge is 0.419 e. The number of anilines is 1. The minimum Gasteiger partial charge on any atom is -0.483 e. The van der Waals surface area contributed by atoms with Crippen molar-refractivity contribution in [2.24, 2.45) is 0 Å². The summed E-state index contributed by atoms with van der Waals surface area (Å²) in [4.78, 5) is 11.7. The van der Waals surface area contributed by atoms with Crippen LogP contribution in [0.2, 0.25) is 0 Å². The van der Waals surface area contributed by atoms with Crippen molar-refractivity contribution >= 4 is 11.6 Å². The van der Waals surface area contributed by atoms with Crippen LogP contribution in [0.3, 0.4) is 0 Å². The van der Waals surface area contributed by atoms with E-state index < -0.39 is 24.3 Å². The molecule has 2 aromatic carbocycles. The first-order valence-corrected chi connectivity index (χ1v) is 7.81. The van der Waals surface area contributed by atoms with Crippen LogP contribution in [0.4, 0.5) is 18.9 Å². The average Bonchev–Trinajstić information content (AvgIpc) is 2.60. The predicted octanol–water partition coefficient (Wildman–Crippen LogP) is 3.70. The Morgan fingerprint density at radius 1 is 0.960 bits per heavy atom. The van der Waals surface area contributed by atoms with Crippen LogP contribution in [0, 0.1) is 0 Å². The molecule has 0 unspecified atom stereocenters. The van der Waals surface area contributed by atoms with Crippen LogP contribution in [0.25, 0.3) is 0 Å². The molecule has 0 aliphatic rings. The second kappa shape index (κ2) is 8.96. The Hall–Kier alpha value is -2.70. The van der Waals surface area contributed by atoms with Gasteiger partial charge in [0.25, 0.3) is 5.91 Å². The van der Waals surface area contributed by atoms with E-state index in [9.17, 15) is 18.0 Å². The molecule has 7 heteroatoms. The number of ether oxygens (including phenoxy) is 1. The van der Waals surface area contributed by atoms with E-state index >= 15 is 0 Å². The third kappa shape index (κ3) is 6.37. The Balaban J connectivity index is 1.68. The highest BCUT2D eigenvalue weighted by molar-refractivity contribution is 5.77. The van der Waals surface area contributed by atoms with E-state index in [0.29, 0.717) is 19.5 Å². The molecule has 0 heterocycles. The topological polar surface area (TPSA) is 50.4 Å². The molecular weight excluding hydrogens is 333 g/mol. The van der Waals surface area contributed by atoms with Crippen LogP contribution in [-0.4, -0.2) is 25.6 Å². The van der Waals surface area contributed by atoms with Gasteiger partial charge < -0.3 is 15.4 Å². The fraction of sp³-hybridized carbons (Fsp3) is 0.278. The minimum atomic E-state index is -4.52. The Morgan fingerprint density at radius 2 is 1.64 bits per heavy atom. The number of carbonyl (C=O) groups is 1. The van der Waals surface area contributed by atoms with Crippen molar-refractivity contribution in [3.8, 4) is 5.75 Å². The fourth-order valence-corrected chi connectivity index (χ4v) is 2.13. The Labute approximate surface area is 144 Å². The number of benzene rings is 2. The number of hydrogen-bond acceptors (Lipinski definition) is 3. The number of alkyl halides is 3. The highest BCUT2D eigenvalue weighted by Gasteiger charge is 2.34. The van der Waals surface area contributed by atoms with Crippen LogP contribution in [0.15, 0.2) is 54.6 Å². The normalized spacial score (nSPS) is 11.0. The second-order valence-corrected chi connectivity index (χ2v) is 5.28. The first kappa shape index (κ1) is 18.6. The molecule has 0 saturated heterocycles. The molecule has 2 N–H and O–H groups in total. The van der Waals surface area contributed by atoms with E-state index in [0.717, 1.165) is 11.8 Å². The third-order valence-corrected chi connectivity index (χ3v) is 3.33. The fourth-order valence-electron chi connectivity index (χ4n) is 2.13. The summed E-state index contributed by atoms with van der Waals surface area (Å²) in [5.41, 5.74) is 0.0933. The third-order valence-electron chi connectivity index (χ3n) is 3.33. The van der Waals surface area contributed by atoms with Crippen LogP contribution in [-0.2, 0) is 11.0 Å². The van der Waals surface area contributed by atoms with Crippen molar-refractivity contribution in [1.29, 1.82) is 0 Å². The number of carbonyl (C=O) groups excluding carboxylic acids is 1. The zero-order valence-corrected chi connectivity index (χ0v) is 13.5. The Morgan fingerprint density at radius 3 is 2.36 bits per heavy atom. The molecule has 134 valence electrons. The van der Waals surface area contributed by atoms with E-state index in [2.05, 4.69) is 10.6 Å². The summed E-state index contributed by atoms with van der Waals surface area (Å²) >= 11 is 0. The molecule has 0 fully saturated rings. The first-order chi connectivity index (χ1) is 12.0. The molecule has 0 bridgehead atoms. The van der Waals surface area contributed by atoms with Gasteiger partial charge in [0, 0.05) is 18.8 Å². The van der Waals surface area contributed by atoms with Gasteiger partial charge in [-0.3, -0.25) is 4.79 Å². The molecule has 0 aliphatic carbocycles. The van der Waals surface area contributed by atoms with E-state index in [-0.39, 0.29) is 5.75 Å². The van der Waals surface area contributed by atoms with Crippen LogP contribution < -0.4 is 15.4 Å². The molecule has 0 atom stereocenters. The zero-order chi connectivity index (χ0) is 18.1. The lowest BCUT2D eigenvalue weighted by molar-refractivity contribution is -0.139. The van der Waals surface area contributed by atoms with Crippen molar-refractivity contribution in [3.63, 3.8) is 0 Å². The number of halogens is 3. The molecule has 2 rings (SSSR count). The van der Waals surface area contributed by atoms with Gasteiger partial charge in [0.1, 0.15) is 5.75 Å². The van der Waals surface area contributed by atoms with Gasteiger partial charge in [-0.05, 0) is 30.7 Å². The van der Waals surface area contributed by atoms with Gasteiger partial charge in [-0.2, -0.15) is 13.2 Å². The molecular formula is C18H19F3N2O2. The van der Waals surface area contributed by atoms with Crippen LogP contribution in [0.1, 0.15) is 12.0 Å². The molecule has 4 nitrogen and oxygen atoms in total. The van der Waals surface area contributed by atoms with Crippen molar-refractivity contribution < 1.29 is 22.7 Å². The number of hydrogen-bond donors (Lipinski definition) is 2. The molecule has 0 spiro atoms. The van der Waals surface area contributed by atoms with Crippen LogP contribution >= 0.6 is 0 Å². The van der Waals surface area contributed by atoms with E-state index in [1.54, 1.807) is 0 Å². The maximum Gasteiger partial charge on any atom is 0.419 e. The summed E-state index contributed by atoms with van der Waals surface area (Å²) in [5.74, 6) is -0.812. The SMILES string of the molecule is O=C(COc1ccccc1C(F)(F)F)NCCCNc1ccccc1. The maximum absolute atomic E-state index is 12.8. The first-order valence-electron chi connectivity index (χ1n) is 7.81. The Bertz CT molecular complexity index is 676. The number of para-hydroxylation sites is 2. The molecule has 25 heavy (non-hydrogen) atoms. The quantitative estimate of drug-likeness (QED) is 0.712. The van der Waals surface area contributed by atoms with Gasteiger partial charge >= 0.3 is 6.18 Å². The van der Waals surface area contributed by atoms with Gasteiger partial charge in [-0.15, -0.1) is 0 Å². The average molecular weight is 352 g/mol. The summed E-state index contributed by atoms with van der Waals surface area (Å²) in [5, 5.41) is 5.80. The highest BCUT2D eigenvalue weighted by Crippen LogP contribution is 2.35. The number of rotatable bonds is 8. The van der Waals surface area contributed by atoms with E-state index in [1.165, 1.54) is 18.2 Å². The lowest BCUT2D eigenvalue weighted by Gasteiger charge is -2.13. The maximum atomic E-state index is 12.8. The van der Waals surface area contributed by atoms with Gasteiger partial charge in [0.15, 0.2) is 6.61 Å². The summed E-state index contributed by atoms with van der Waals surface area (Å²) in [7, 11) is 0. The molecule has 0 saturated carbocycles. The highest BCUT2D eigenvalue weighted by atomic mass is 19.4. The van der Waals surface area contributed by atoms with E-state index in [4.69, 9.17) is 4.74 Å². The van der Waals surface area contributed by atoms with Gasteiger partial charge in [-0.25, -0.2) is 0 Å². The van der Waals surface area contributed by atoms with Crippen molar-refractivity contribution in [2.45, 2.75) is 12.6 Å². The lowest BCUT2D eigenvalue weighted by Crippen LogP contribution is -2.30. The summed E-state index contributed by atoms with van der Waals surface area (Å²) in [6.07, 6.45) is -3.84. The summed E-state index contributed by atoms with van der Waals surface area (Å²) in [6, 6.07) is 14.4. The largest absolute Gasteiger partial charge is 0.483 e. The molecule has 2 aromatic rings. The summed E-state index contributed by atoms with van der Waals surface area (Å²) in [6.45, 7) is 0.615. The van der Waals surface area contributed by atoms with Gasteiger partial charge in [0.05, 0.1) is 5.56 Å². The van der Waals surface area contributed by atoms with Gasteiger partial charge in [0.2, 0.25) is 0 Å². The number of amides is 1. The van der Waals surface area contributed by atoms with Crippen LogP contribution in [0.5, 0.6) is 5.75 Å². The zero-order valence-electron chi connectivity index (χ0n) is 13.5.